The van der Waals surface area contributed by atoms with E-state index in [2.05, 4.69) is 46.0 Å². The summed E-state index contributed by atoms with van der Waals surface area (Å²) in [5.41, 5.74) is 2.11. The van der Waals surface area contributed by atoms with Crippen molar-refractivity contribution in [3.8, 4) is 0 Å². The zero-order chi connectivity index (χ0) is 31.5. The maximum atomic E-state index is 14.2. The van der Waals surface area contributed by atoms with Crippen LogP contribution in [0.15, 0.2) is 59.5 Å². The molecule has 0 saturated carbocycles. The molecule has 2 aromatic carbocycles. The Bertz CT molecular complexity index is 1210. The van der Waals surface area contributed by atoms with Crippen molar-refractivity contribution in [2.75, 3.05) is 6.61 Å². The summed E-state index contributed by atoms with van der Waals surface area (Å²) >= 11 is 0. The molecule has 0 N–H and O–H groups in total. The van der Waals surface area contributed by atoms with Crippen molar-refractivity contribution >= 4 is 24.6 Å². The van der Waals surface area contributed by atoms with Crippen LogP contribution < -0.4 is 0 Å². The average Bonchev–Trinajstić information content (AvgIpc) is 2.94. The lowest BCUT2D eigenvalue weighted by Crippen LogP contribution is -2.71. The minimum atomic E-state index is -3.73. The molecule has 3 atom stereocenters. The third kappa shape index (κ3) is 10.1. The van der Waals surface area contributed by atoms with Gasteiger partial charge in [-0.1, -0.05) is 114 Å². The quantitative estimate of drug-likeness (QED) is 0.0886. The second-order valence-electron chi connectivity index (χ2n) is 13.7. The highest BCUT2D eigenvalue weighted by molar-refractivity contribution is 7.89. The first-order valence-electron chi connectivity index (χ1n) is 16.2. The van der Waals surface area contributed by atoms with Crippen LogP contribution in [-0.2, 0) is 30.6 Å². The van der Waals surface area contributed by atoms with E-state index in [1.807, 2.05) is 37.3 Å². The Labute approximate surface area is 262 Å². The number of sulfonamides is 1. The van der Waals surface area contributed by atoms with Crippen LogP contribution in [0.4, 0.5) is 0 Å². The molecule has 1 aliphatic rings. The Morgan fingerprint density at radius 3 is 2.00 bits per heavy atom. The van der Waals surface area contributed by atoms with Crippen LogP contribution in [0.3, 0.4) is 0 Å². The van der Waals surface area contributed by atoms with Gasteiger partial charge in [0.2, 0.25) is 10.0 Å². The van der Waals surface area contributed by atoms with E-state index in [-0.39, 0.29) is 23.2 Å². The number of carbonyl (C=O) groups excluding carboxylic acids is 1. The van der Waals surface area contributed by atoms with Gasteiger partial charge in [-0.05, 0) is 55.6 Å². The van der Waals surface area contributed by atoms with Crippen LogP contribution in [0.5, 0.6) is 0 Å². The van der Waals surface area contributed by atoms with Crippen molar-refractivity contribution in [1.82, 2.24) is 4.31 Å². The zero-order valence-electron chi connectivity index (χ0n) is 27.4. The van der Waals surface area contributed by atoms with Crippen LogP contribution in [0, 0.1) is 6.92 Å². The predicted molar refractivity (Wildman–Crippen MR) is 178 cm³/mol. The lowest BCUT2D eigenvalue weighted by Gasteiger charge is -2.54. The first-order valence-corrected chi connectivity index (χ1v) is 20.6. The average molecular weight is 630 g/mol. The van der Waals surface area contributed by atoms with E-state index >= 15 is 0 Å². The molecule has 0 aliphatic carbocycles. The van der Waals surface area contributed by atoms with E-state index in [4.69, 9.17) is 9.16 Å². The van der Waals surface area contributed by atoms with Crippen molar-refractivity contribution in [2.24, 2.45) is 0 Å². The summed E-state index contributed by atoms with van der Waals surface area (Å²) in [4.78, 5) is 10.8. The predicted octanol–water partition coefficient (Wildman–Crippen LogP) is 8.44. The van der Waals surface area contributed by atoms with Gasteiger partial charge >= 0.3 is 0 Å². The largest absolute Gasteiger partial charge is 0.415 e. The van der Waals surface area contributed by atoms with Crippen LogP contribution in [0.2, 0.25) is 18.1 Å². The minimum absolute atomic E-state index is 0.0195. The molecule has 2 aromatic rings. The Hall–Kier alpha value is -1.84. The number of nitrogens with zero attached hydrogens (tertiary/aromatic N) is 1. The van der Waals surface area contributed by atoms with Gasteiger partial charge in [-0.15, -0.1) is 0 Å². The summed E-state index contributed by atoms with van der Waals surface area (Å²) in [7, 11) is -5.85. The highest BCUT2D eigenvalue weighted by Crippen LogP contribution is 2.41. The van der Waals surface area contributed by atoms with Gasteiger partial charge in [0, 0.05) is 6.42 Å². The van der Waals surface area contributed by atoms with Gasteiger partial charge in [-0.3, -0.25) is 0 Å². The Morgan fingerprint density at radius 2 is 1.42 bits per heavy atom. The van der Waals surface area contributed by atoms with Crippen molar-refractivity contribution in [3.63, 3.8) is 0 Å². The molecule has 0 aromatic heterocycles. The summed E-state index contributed by atoms with van der Waals surface area (Å²) in [6, 6.07) is 16.7. The molecule has 8 heteroatoms. The number of carbonyl (C=O) groups is 1. The van der Waals surface area contributed by atoms with Gasteiger partial charge in [-0.2, -0.15) is 4.31 Å². The molecule has 1 heterocycles. The monoisotopic (exact) mass is 629 g/mol. The molecule has 1 saturated heterocycles. The smallest absolute Gasteiger partial charge is 0.243 e. The number of aryl methyl sites for hydroxylation is 1. The second-order valence-corrected chi connectivity index (χ2v) is 20.3. The first-order chi connectivity index (χ1) is 20.4. The Balaban J connectivity index is 1.76. The second kappa shape index (κ2) is 16.5. The number of hydrogen-bond donors (Lipinski definition) is 0. The summed E-state index contributed by atoms with van der Waals surface area (Å²) in [5.74, 6) is 0. The Morgan fingerprint density at radius 1 is 0.837 bits per heavy atom. The molecule has 0 spiro atoms. The summed E-state index contributed by atoms with van der Waals surface area (Å²) < 4.78 is 43.3. The third-order valence-electron chi connectivity index (χ3n) is 9.29. The van der Waals surface area contributed by atoms with E-state index in [9.17, 15) is 13.2 Å². The molecule has 1 fully saturated rings. The molecule has 1 aliphatic heterocycles. The summed E-state index contributed by atoms with van der Waals surface area (Å²) in [6.45, 7) is 13.8. The van der Waals surface area contributed by atoms with Gasteiger partial charge in [0.15, 0.2) is 8.32 Å². The molecule has 43 heavy (non-hydrogen) atoms. The minimum Gasteiger partial charge on any atom is -0.415 e. The molecule has 0 radical (unpaired) electrons. The molecule has 0 bridgehead atoms. The normalized spacial score (nSPS) is 19.7. The molecule has 3 rings (SSSR count). The lowest BCUT2D eigenvalue weighted by atomic mass is 9.88. The number of ether oxygens (including phenoxy) is 1. The van der Waals surface area contributed by atoms with Crippen LogP contribution in [0.25, 0.3) is 0 Å². The van der Waals surface area contributed by atoms with Crippen molar-refractivity contribution in [3.05, 3.63) is 65.7 Å². The van der Waals surface area contributed by atoms with Gasteiger partial charge in [0.1, 0.15) is 6.29 Å². The molecular formula is C35H55NO5SSi. The van der Waals surface area contributed by atoms with E-state index in [1.165, 1.54) is 19.3 Å². The topological polar surface area (TPSA) is 72.9 Å². The van der Waals surface area contributed by atoms with Crippen molar-refractivity contribution in [1.29, 1.82) is 0 Å². The molecular weight excluding hydrogens is 575 g/mol. The van der Waals surface area contributed by atoms with E-state index in [1.54, 1.807) is 16.4 Å². The summed E-state index contributed by atoms with van der Waals surface area (Å²) in [6.07, 6.45) is 11.0. The third-order valence-corrected chi connectivity index (χ3v) is 15.8. The highest BCUT2D eigenvalue weighted by Gasteiger charge is 2.55. The molecule has 0 amide bonds. The molecule has 6 nitrogen and oxygen atoms in total. The van der Waals surface area contributed by atoms with E-state index < -0.39 is 18.3 Å². The van der Waals surface area contributed by atoms with Gasteiger partial charge in [-0.25, -0.2) is 8.42 Å². The fourth-order valence-corrected chi connectivity index (χ4v) is 8.34. The van der Waals surface area contributed by atoms with Crippen molar-refractivity contribution < 1.29 is 22.4 Å². The maximum Gasteiger partial charge on any atom is 0.243 e. The van der Waals surface area contributed by atoms with Crippen LogP contribution in [0.1, 0.15) is 96.1 Å². The van der Waals surface area contributed by atoms with Crippen LogP contribution in [-0.4, -0.2) is 52.1 Å². The standard InChI is InChI=1S/C35H55NO5SSi/c1-29-22-24-31(25-23-29)42(38,39)36-32(21-17-12-10-8-7-9-11-13-18-26-37)34(40-27-30-19-15-14-16-20-30)33(36)28-41-43(5,6)35(2,3)4/h14-16,19-20,22-26,32-34H,7-13,17-18,21,27-28H2,1-6H3/t32-,33+,34+/m0/s1. The van der Waals surface area contributed by atoms with Gasteiger partial charge in [0.25, 0.3) is 0 Å². The van der Waals surface area contributed by atoms with Gasteiger partial charge < -0.3 is 14.0 Å². The molecule has 240 valence electrons. The fourth-order valence-electron chi connectivity index (χ4n) is 5.48. The zero-order valence-corrected chi connectivity index (χ0v) is 29.2. The number of benzene rings is 2. The summed E-state index contributed by atoms with van der Waals surface area (Å²) in [5, 5.41) is 0.0195. The Kier molecular flexibility index (Phi) is 13.6. The fraction of sp³-hybridized carbons (Fsp3) is 0.629. The molecule has 0 unspecified atom stereocenters. The van der Waals surface area contributed by atoms with E-state index in [0.29, 0.717) is 24.5 Å². The number of hydrogen-bond acceptors (Lipinski definition) is 5. The van der Waals surface area contributed by atoms with Crippen LogP contribution >= 0.6 is 0 Å². The highest BCUT2D eigenvalue weighted by atomic mass is 32.2. The SMILES string of the molecule is Cc1ccc(S(=O)(=O)N2[C@H](CO[Si](C)(C)C(C)(C)C)[C@H](OCc3ccccc3)[C@@H]2CCCCCCCCCCC=O)cc1. The number of rotatable bonds is 19. The van der Waals surface area contributed by atoms with E-state index in [0.717, 1.165) is 55.9 Å². The number of aldehydes is 1. The van der Waals surface area contributed by atoms with Crippen molar-refractivity contribution in [2.45, 2.75) is 140 Å². The van der Waals surface area contributed by atoms with Gasteiger partial charge in [0.05, 0.1) is 36.3 Å². The first kappa shape index (κ1) is 35.6. The maximum absolute atomic E-state index is 14.2. The lowest BCUT2D eigenvalue weighted by molar-refractivity contribution is -0.131. The number of unbranched alkanes of at least 4 members (excludes halogenated alkanes) is 8.